The van der Waals surface area contributed by atoms with E-state index in [1.807, 2.05) is 42.5 Å². The van der Waals surface area contributed by atoms with Crippen molar-refractivity contribution >= 4 is 15.9 Å². The van der Waals surface area contributed by atoms with Crippen LogP contribution in [0.4, 0.5) is 0 Å². The summed E-state index contributed by atoms with van der Waals surface area (Å²) in [5.41, 5.74) is 2.38. The fourth-order valence-corrected chi connectivity index (χ4v) is 2.22. The molecule has 0 saturated carbocycles. The molecule has 0 saturated heterocycles. The van der Waals surface area contributed by atoms with Gasteiger partial charge in [-0.15, -0.1) is 0 Å². The Bertz CT molecular complexity index is 525. The second-order valence-electron chi connectivity index (χ2n) is 4.26. The minimum Gasteiger partial charge on any atom is -0.198 e. The SMILES string of the molecule is N#C[C@@H](CCc1ccccc1)c1ccc(Br)cc1. The molecule has 0 radical (unpaired) electrons. The van der Waals surface area contributed by atoms with Crippen molar-refractivity contribution in [2.45, 2.75) is 18.8 Å². The molecule has 0 spiro atoms. The standard InChI is InChI=1S/C16H14BrN/c17-16-10-8-14(9-11-16)15(12-18)7-6-13-4-2-1-3-5-13/h1-5,8-11,15H,6-7H2/t15-/m1/s1. The summed E-state index contributed by atoms with van der Waals surface area (Å²) in [5.74, 6) is -0.0293. The van der Waals surface area contributed by atoms with Crippen molar-refractivity contribution < 1.29 is 0 Å². The van der Waals surface area contributed by atoms with Gasteiger partial charge in [-0.3, -0.25) is 0 Å². The number of halogens is 1. The molecule has 0 N–H and O–H groups in total. The molecule has 0 unspecified atom stereocenters. The van der Waals surface area contributed by atoms with Gasteiger partial charge in [0.2, 0.25) is 0 Å². The van der Waals surface area contributed by atoms with E-state index in [0.717, 1.165) is 22.9 Å². The Balaban J connectivity index is 2.02. The van der Waals surface area contributed by atoms with E-state index in [1.165, 1.54) is 5.56 Å². The smallest absolute Gasteiger partial charge is 0.0715 e. The summed E-state index contributed by atoms with van der Waals surface area (Å²) in [5, 5.41) is 9.27. The second kappa shape index (κ2) is 6.37. The molecule has 90 valence electrons. The lowest BCUT2D eigenvalue weighted by molar-refractivity contribution is 0.746. The first-order valence-electron chi connectivity index (χ1n) is 5.98. The van der Waals surface area contributed by atoms with Crippen molar-refractivity contribution in [2.24, 2.45) is 0 Å². The molecule has 1 nitrogen and oxygen atoms in total. The van der Waals surface area contributed by atoms with Crippen molar-refractivity contribution in [1.29, 1.82) is 5.26 Å². The van der Waals surface area contributed by atoms with Gasteiger partial charge >= 0.3 is 0 Å². The van der Waals surface area contributed by atoms with Crippen LogP contribution < -0.4 is 0 Å². The normalized spacial score (nSPS) is 11.8. The molecular weight excluding hydrogens is 286 g/mol. The number of nitriles is 1. The predicted octanol–water partition coefficient (Wildman–Crippen LogP) is 4.69. The quantitative estimate of drug-likeness (QED) is 0.803. The highest BCUT2D eigenvalue weighted by Gasteiger charge is 2.10. The number of hydrogen-bond acceptors (Lipinski definition) is 1. The molecule has 18 heavy (non-hydrogen) atoms. The number of rotatable bonds is 4. The zero-order valence-corrected chi connectivity index (χ0v) is 11.6. The lowest BCUT2D eigenvalue weighted by Gasteiger charge is -2.09. The van der Waals surface area contributed by atoms with Crippen LogP contribution in [0.1, 0.15) is 23.5 Å². The molecule has 0 aliphatic rings. The molecule has 2 heteroatoms. The maximum atomic E-state index is 9.27. The fourth-order valence-electron chi connectivity index (χ4n) is 1.96. The Morgan fingerprint density at radius 2 is 1.67 bits per heavy atom. The van der Waals surface area contributed by atoms with Gasteiger partial charge in [-0.2, -0.15) is 5.26 Å². The zero-order chi connectivity index (χ0) is 12.8. The summed E-state index contributed by atoms with van der Waals surface area (Å²) >= 11 is 3.41. The Hall–Kier alpha value is -1.59. The van der Waals surface area contributed by atoms with Crippen LogP contribution in [-0.2, 0) is 6.42 Å². The van der Waals surface area contributed by atoms with Crippen LogP contribution in [0.3, 0.4) is 0 Å². The summed E-state index contributed by atoms with van der Waals surface area (Å²) in [4.78, 5) is 0. The van der Waals surface area contributed by atoms with Crippen molar-refractivity contribution in [2.75, 3.05) is 0 Å². The van der Waals surface area contributed by atoms with Crippen LogP contribution in [0, 0.1) is 11.3 Å². The van der Waals surface area contributed by atoms with Crippen LogP contribution >= 0.6 is 15.9 Å². The van der Waals surface area contributed by atoms with E-state index in [0.29, 0.717) is 0 Å². The molecule has 2 aromatic carbocycles. The molecular formula is C16H14BrN. The maximum Gasteiger partial charge on any atom is 0.0715 e. The largest absolute Gasteiger partial charge is 0.198 e. The highest BCUT2D eigenvalue weighted by atomic mass is 79.9. The highest BCUT2D eigenvalue weighted by Crippen LogP contribution is 2.22. The average molecular weight is 300 g/mol. The van der Waals surface area contributed by atoms with E-state index in [1.54, 1.807) is 0 Å². The van der Waals surface area contributed by atoms with E-state index in [2.05, 4.69) is 34.1 Å². The van der Waals surface area contributed by atoms with Crippen molar-refractivity contribution in [3.8, 4) is 6.07 Å². The van der Waals surface area contributed by atoms with Crippen LogP contribution in [-0.4, -0.2) is 0 Å². The summed E-state index contributed by atoms with van der Waals surface area (Å²) in [6, 6.07) is 20.7. The Labute approximate surface area is 116 Å². The minimum atomic E-state index is -0.0293. The lowest BCUT2D eigenvalue weighted by Crippen LogP contribution is -1.98. The molecule has 0 aliphatic heterocycles. The molecule has 0 aliphatic carbocycles. The minimum absolute atomic E-state index is 0.0293. The molecule has 0 fully saturated rings. The van der Waals surface area contributed by atoms with Gasteiger partial charge in [0.1, 0.15) is 0 Å². The third kappa shape index (κ3) is 3.45. The first-order chi connectivity index (χ1) is 8.79. The topological polar surface area (TPSA) is 23.8 Å². The Morgan fingerprint density at radius 3 is 2.28 bits per heavy atom. The van der Waals surface area contributed by atoms with E-state index < -0.39 is 0 Å². The van der Waals surface area contributed by atoms with Gasteiger partial charge in [0.15, 0.2) is 0 Å². The van der Waals surface area contributed by atoms with E-state index in [-0.39, 0.29) is 5.92 Å². The molecule has 2 aromatic rings. The van der Waals surface area contributed by atoms with Gasteiger partial charge in [0.25, 0.3) is 0 Å². The summed E-state index contributed by atoms with van der Waals surface area (Å²) < 4.78 is 1.05. The number of hydrogen-bond donors (Lipinski definition) is 0. The van der Waals surface area contributed by atoms with E-state index in [9.17, 15) is 5.26 Å². The highest BCUT2D eigenvalue weighted by molar-refractivity contribution is 9.10. The molecule has 0 bridgehead atoms. The first kappa shape index (κ1) is 12.9. The van der Waals surface area contributed by atoms with Gasteiger partial charge < -0.3 is 0 Å². The zero-order valence-electron chi connectivity index (χ0n) is 10.0. The predicted molar refractivity (Wildman–Crippen MR) is 77.3 cm³/mol. The fraction of sp³-hybridized carbons (Fsp3) is 0.188. The number of aryl methyl sites for hydroxylation is 1. The molecule has 0 heterocycles. The summed E-state index contributed by atoms with van der Waals surface area (Å²) in [6.07, 6.45) is 1.80. The summed E-state index contributed by atoms with van der Waals surface area (Å²) in [7, 11) is 0. The number of benzene rings is 2. The van der Waals surface area contributed by atoms with E-state index >= 15 is 0 Å². The van der Waals surface area contributed by atoms with Crippen molar-refractivity contribution in [1.82, 2.24) is 0 Å². The van der Waals surface area contributed by atoms with Crippen molar-refractivity contribution in [3.63, 3.8) is 0 Å². The van der Waals surface area contributed by atoms with Gasteiger partial charge in [-0.25, -0.2) is 0 Å². The molecule has 1 atom stereocenters. The summed E-state index contributed by atoms with van der Waals surface area (Å²) in [6.45, 7) is 0. The van der Waals surface area contributed by atoms with Gasteiger partial charge in [-0.1, -0.05) is 58.4 Å². The van der Waals surface area contributed by atoms with Gasteiger partial charge in [0, 0.05) is 4.47 Å². The Kier molecular flexibility index (Phi) is 4.55. The van der Waals surface area contributed by atoms with Crippen LogP contribution in [0.15, 0.2) is 59.1 Å². The number of nitrogens with zero attached hydrogens (tertiary/aromatic N) is 1. The molecule has 2 rings (SSSR count). The van der Waals surface area contributed by atoms with Gasteiger partial charge in [0.05, 0.1) is 12.0 Å². The van der Waals surface area contributed by atoms with Crippen LogP contribution in [0.25, 0.3) is 0 Å². The second-order valence-corrected chi connectivity index (χ2v) is 5.17. The monoisotopic (exact) mass is 299 g/mol. The van der Waals surface area contributed by atoms with Crippen LogP contribution in [0.5, 0.6) is 0 Å². The van der Waals surface area contributed by atoms with Gasteiger partial charge in [-0.05, 0) is 36.1 Å². The van der Waals surface area contributed by atoms with Crippen molar-refractivity contribution in [3.05, 3.63) is 70.2 Å². The Morgan fingerprint density at radius 1 is 1.00 bits per heavy atom. The van der Waals surface area contributed by atoms with Crippen LogP contribution in [0.2, 0.25) is 0 Å². The molecule has 0 aromatic heterocycles. The lowest BCUT2D eigenvalue weighted by atomic mass is 9.94. The average Bonchev–Trinajstić information content (AvgIpc) is 2.42. The third-order valence-electron chi connectivity index (χ3n) is 2.99. The first-order valence-corrected chi connectivity index (χ1v) is 6.78. The molecule has 0 amide bonds. The maximum absolute atomic E-state index is 9.27. The third-order valence-corrected chi connectivity index (χ3v) is 3.52. The van der Waals surface area contributed by atoms with E-state index in [4.69, 9.17) is 0 Å².